The van der Waals surface area contributed by atoms with E-state index in [0.29, 0.717) is 30.9 Å². The van der Waals surface area contributed by atoms with E-state index in [4.69, 9.17) is 4.74 Å². The van der Waals surface area contributed by atoms with Crippen molar-refractivity contribution in [2.75, 3.05) is 20.2 Å². The summed E-state index contributed by atoms with van der Waals surface area (Å²) in [6.07, 6.45) is -1.41. The van der Waals surface area contributed by atoms with Crippen LogP contribution in [0.3, 0.4) is 0 Å². The summed E-state index contributed by atoms with van der Waals surface area (Å²) < 4.78 is 5.28. The second-order valence-electron chi connectivity index (χ2n) is 4.91. The first-order valence-corrected chi connectivity index (χ1v) is 6.27. The fraction of sp³-hybridized carbons (Fsp3) is 0.500. The highest BCUT2D eigenvalue weighted by Crippen LogP contribution is 2.23. The fourth-order valence-corrected chi connectivity index (χ4v) is 2.34. The first kappa shape index (κ1) is 14.0. The second-order valence-corrected chi connectivity index (χ2v) is 4.91. The number of hydrogen-bond acceptors (Lipinski definition) is 5. The zero-order chi connectivity index (χ0) is 14.0. The Labute approximate surface area is 112 Å². The number of ketones is 1. The van der Waals surface area contributed by atoms with Crippen molar-refractivity contribution in [3.8, 4) is 5.75 Å². The predicted octanol–water partition coefficient (Wildman–Crippen LogP) is 0.435. The molecule has 1 heterocycles. The molecule has 0 aromatic heterocycles. The molecule has 19 heavy (non-hydrogen) atoms. The van der Waals surface area contributed by atoms with Crippen LogP contribution in [0.5, 0.6) is 5.75 Å². The molecule has 5 heteroatoms. The molecule has 0 saturated carbocycles. The molecule has 2 N–H and O–H groups in total. The number of likely N-dealkylation sites (tertiary alicyclic amines) is 1. The van der Waals surface area contributed by atoms with Gasteiger partial charge in [-0.25, -0.2) is 0 Å². The van der Waals surface area contributed by atoms with Gasteiger partial charge in [0.05, 0.1) is 19.3 Å². The van der Waals surface area contributed by atoms with Crippen molar-refractivity contribution < 1.29 is 19.7 Å². The van der Waals surface area contributed by atoms with Gasteiger partial charge in [0.1, 0.15) is 5.75 Å². The molecule has 1 aromatic rings. The summed E-state index contributed by atoms with van der Waals surface area (Å²) in [5.41, 5.74) is 1.52. The molecule has 0 spiro atoms. The Morgan fingerprint density at radius 1 is 1.37 bits per heavy atom. The van der Waals surface area contributed by atoms with Crippen LogP contribution < -0.4 is 4.74 Å². The van der Waals surface area contributed by atoms with Gasteiger partial charge in [-0.1, -0.05) is 0 Å². The molecule has 1 fully saturated rings. The van der Waals surface area contributed by atoms with Crippen molar-refractivity contribution in [3.05, 3.63) is 29.3 Å². The number of rotatable bonds is 4. The van der Waals surface area contributed by atoms with E-state index in [1.807, 2.05) is 4.90 Å². The Morgan fingerprint density at radius 3 is 2.53 bits per heavy atom. The lowest BCUT2D eigenvalue weighted by Gasteiger charge is -2.17. The van der Waals surface area contributed by atoms with Crippen molar-refractivity contribution in [2.45, 2.75) is 25.7 Å². The summed E-state index contributed by atoms with van der Waals surface area (Å²) in [5.74, 6) is 0.714. The zero-order valence-electron chi connectivity index (χ0n) is 11.2. The maximum Gasteiger partial charge on any atom is 0.159 e. The van der Waals surface area contributed by atoms with Crippen LogP contribution in [0.25, 0.3) is 0 Å². The number of hydrogen-bond donors (Lipinski definition) is 2. The number of methoxy groups -OCH3 is 1. The van der Waals surface area contributed by atoms with Gasteiger partial charge in [-0.15, -0.1) is 0 Å². The van der Waals surface area contributed by atoms with Crippen molar-refractivity contribution in [1.29, 1.82) is 0 Å². The van der Waals surface area contributed by atoms with E-state index >= 15 is 0 Å². The van der Waals surface area contributed by atoms with E-state index in [1.165, 1.54) is 6.92 Å². The van der Waals surface area contributed by atoms with E-state index in [-0.39, 0.29) is 5.78 Å². The normalized spacial score (nSPS) is 23.6. The molecule has 0 amide bonds. The van der Waals surface area contributed by atoms with Gasteiger partial charge in [-0.05, 0) is 25.1 Å². The van der Waals surface area contributed by atoms with Gasteiger partial charge < -0.3 is 14.9 Å². The molecule has 104 valence electrons. The summed E-state index contributed by atoms with van der Waals surface area (Å²) in [7, 11) is 1.58. The van der Waals surface area contributed by atoms with Crippen LogP contribution in [0.1, 0.15) is 22.8 Å². The van der Waals surface area contributed by atoms with Crippen molar-refractivity contribution in [2.24, 2.45) is 0 Å². The standard InChI is InChI=1S/C14H19NO4/c1-9(16)10-3-4-14(19-2)11(5-10)6-15-7-12(17)13(18)8-15/h3-5,12-13,17-18H,6-8H2,1-2H3/t12-,13+. The molecule has 1 aliphatic rings. The second kappa shape index (κ2) is 5.69. The topological polar surface area (TPSA) is 70.0 Å². The van der Waals surface area contributed by atoms with E-state index in [1.54, 1.807) is 25.3 Å². The van der Waals surface area contributed by atoms with Crippen molar-refractivity contribution in [1.82, 2.24) is 4.90 Å². The lowest BCUT2D eigenvalue weighted by molar-refractivity contribution is 0.0572. The monoisotopic (exact) mass is 265 g/mol. The number of ether oxygens (including phenoxy) is 1. The third-order valence-electron chi connectivity index (χ3n) is 3.42. The van der Waals surface area contributed by atoms with Crippen molar-refractivity contribution in [3.63, 3.8) is 0 Å². The highest BCUT2D eigenvalue weighted by atomic mass is 16.5. The minimum absolute atomic E-state index is 0.00499. The maximum atomic E-state index is 11.4. The molecule has 0 bridgehead atoms. The van der Waals surface area contributed by atoms with E-state index in [2.05, 4.69) is 0 Å². The van der Waals surface area contributed by atoms with Gasteiger partial charge in [0, 0.05) is 30.8 Å². The van der Waals surface area contributed by atoms with Crippen LogP contribution in [-0.4, -0.2) is 53.3 Å². The van der Waals surface area contributed by atoms with Crippen LogP contribution in [0, 0.1) is 0 Å². The molecule has 5 nitrogen and oxygen atoms in total. The van der Waals surface area contributed by atoms with Crippen LogP contribution in [0.15, 0.2) is 18.2 Å². The first-order valence-electron chi connectivity index (χ1n) is 6.27. The number of benzene rings is 1. The van der Waals surface area contributed by atoms with Gasteiger partial charge >= 0.3 is 0 Å². The number of aliphatic hydroxyl groups excluding tert-OH is 2. The van der Waals surface area contributed by atoms with Gasteiger partial charge in [0.2, 0.25) is 0 Å². The Morgan fingerprint density at radius 2 is 2.00 bits per heavy atom. The van der Waals surface area contributed by atoms with Crippen LogP contribution in [0.4, 0.5) is 0 Å². The van der Waals surface area contributed by atoms with E-state index in [9.17, 15) is 15.0 Å². The van der Waals surface area contributed by atoms with Crippen LogP contribution >= 0.6 is 0 Å². The summed E-state index contributed by atoms with van der Waals surface area (Å²) >= 11 is 0. The minimum Gasteiger partial charge on any atom is -0.496 e. The number of aliphatic hydroxyl groups is 2. The van der Waals surface area contributed by atoms with E-state index < -0.39 is 12.2 Å². The SMILES string of the molecule is COc1ccc(C(C)=O)cc1CN1C[C@@H](O)[C@@H](O)C1. The van der Waals surface area contributed by atoms with Crippen LogP contribution in [-0.2, 0) is 6.54 Å². The molecular formula is C14H19NO4. The first-order chi connectivity index (χ1) is 9.01. The molecule has 1 aliphatic heterocycles. The highest BCUT2D eigenvalue weighted by Gasteiger charge is 2.29. The largest absolute Gasteiger partial charge is 0.496 e. The number of carbonyl (C=O) groups is 1. The predicted molar refractivity (Wildman–Crippen MR) is 70.3 cm³/mol. The lowest BCUT2D eigenvalue weighted by atomic mass is 10.1. The smallest absolute Gasteiger partial charge is 0.159 e. The average molecular weight is 265 g/mol. The van der Waals surface area contributed by atoms with Gasteiger partial charge in [-0.2, -0.15) is 0 Å². The van der Waals surface area contributed by atoms with Crippen LogP contribution in [0.2, 0.25) is 0 Å². The third kappa shape index (κ3) is 3.12. The Bertz CT molecular complexity index is 465. The van der Waals surface area contributed by atoms with Gasteiger partial charge in [-0.3, -0.25) is 9.69 Å². The summed E-state index contributed by atoms with van der Waals surface area (Å²) in [6, 6.07) is 5.31. The lowest BCUT2D eigenvalue weighted by Crippen LogP contribution is -2.22. The summed E-state index contributed by atoms with van der Waals surface area (Å²) in [4.78, 5) is 13.3. The fourth-order valence-electron chi connectivity index (χ4n) is 2.34. The molecule has 0 aliphatic carbocycles. The average Bonchev–Trinajstić information content (AvgIpc) is 2.68. The maximum absolute atomic E-state index is 11.4. The Balaban J connectivity index is 2.18. The number of nitrogens with zero attached hydrogens (tertiary/aromatic N) is 1. The Kier molecular flexibility index (Phi) is 4.19. The highest BCUT2D eigenvalue weighted by molar-refractivity contribution is 5.94. The number of Topliss-reactive ketones (excluding diaryl/α,β-unsaturated/α-hetero) is 1. The summed E-state index contributed by atoms with van der Waals surface area (Å²) in [6.45, 7) is 2.91. The third-order valence-corrected chi connectivity index (χ3v) is 3.42. The minimum atomic E-state index is -0.706. The van der Waals surface area contributed by atoms with Gasteiger partial charge in [0.15, 0.2) is 5.78 Å². The van der Waals surface area contributed by atoms with Gasteiger partial charge in [0.25, 0.3) is 0 Å². The Hall–Kier alpha value is -1.43. The quantitative estimate of drug-likeness (QED) is 0.773. The molecule has 0 unspecified atom stereocenters. The molecular weight excluding hydrogens is 246 g/mol. The molecule has 2 rings (SSSR count). The van der Waals surface area contributed by atoms with Crippen molar-refractivity contribution >= 4 is 5.78 Å². The number of β-amino-alcohol motifs (C(OH)–C–C–N with tert-alkyl or cyclic N) is 2. The molecule has 1 saturated heterocycles. The van der Waals surface area contributed by atoms with E-state index in [0.717, 1.165) is 5.56 Å². The zero-order valence-corrected chi connectivity index (χ0v) is 11.2. The summed E-state index contributed by atoms with van der Waals surface area (Å²) in [5, 5.41) is 19.1. The number of carbonyl (C=O) groups excluding carboxylic acids is 1. The molecule has 2 atom stereocenters. The molecule has 0 radical (unpaired) electrons. The molecule has 1 aromatic carbocycles.